The number of anilines is 1. The number of thiophene rings is 1. The van der Waals surface area contributed by atoms with E-state index in [9.17, 15) is 4.79 Å². The number of fused-ring (bicyclic) bond motifs is 1. The summed E-state index contributed by atoms with van der Waals surface area (Å²) in [5.41, 5.74) is 5.39. The standard InChI is InChI=1S/C18H21NOS/c1-11-4-5-15-16(10-21-17(15)9-11)18(20)19-14-7-12(2)6-13(3)8-14/h6-8,10-11H,4-5,9H2,1-3H3,(H,19,20). The van der Waals surface area contributed by atoms with Crippen LogP contribution in [0.15, 0.2) is 23.6 Å². The van der Waals surface area contributed by atoms with Gasteiger partial charge >= 0.3 is 0 Å². The Balaban J connectivity index is 1.83. The van der Waals surface area contributed by atoms with Crippen molar-refractivity contribution >= 4 is 22.9 Å². The quantitative estimate of drug-likeness (QED) is 0.852. The molecule has 0 radical (unpaired) electrons. The highest BCUT2D eigenvalue weighted by Crippen LogP contribution is 2.33. The van der Waals surface area contributed by atoms with Gasteiger partial charge in [0.2, 0.25) is 0 Å². The monoisotopic (exact) mass is 299 g/mol. The molecule has 110 valence electrons. The second kappa shape index (κ2) is 5.64. The van der Waals surface area contributed by atoms with Crippen LogP contribution < -0.4 is 5.32 Å². The zero-order valence-corrected chi connectivity index (χ0v) is 13.6. The van der Waals surface area contributed by atoms with Crippen LogP contribution in [0.4, 0.5) is 5.69 Å². The number of carbonyl (C=O) groups excluding carboxylic acids is 1. The lowest BCUT2D eigenvalue weighted by Gasteiger charge is -2.18. The Morgan fingerprint density at radius 3 is 2.67 bits per heavy atom. The molecule has 1 heterocycles. The fourth-order valence-corrected chi connectivity index (χ4v) is 4.36. The van der Waals surface area contributed by atoms with Crippen molar-refractivity contribution in [2.75, 3.05) is 5.32 Å². The van der Waals surface area contributed by atoms with Gasteiger partial charge in [0.15, 0.2) is 0 Å². The summed E-state index contributed by atoms with van der Waals surface area (Å²) in [5.74, 6) is 0.776. The largest absolute Gasteiger partial charge is 0.322 e. The summed E-state index contributed by atoms with van der Waals surface area (Å²) < 4.78 is 0. The Morgan fingerprint density at radius 1 is 1.24 bits per heavy atom. The average Bonchev–Trinajstić information content (AvgIpc) is 2.80. The van der Waals surface area contributed by atoms with E-state index in [1.54, 1.807) is 11.3 Å². The first kappa shape index (κ1) is 14.3. The number of hydrogen-bond donors (Lipinski definition) is 1. The van der Waals surface area contributed by atoms with Crippen molar-refractivity contribution in [3.05, 3.63) is 50.7 Å². The van der Waals surface area contributed by atoms with Crippen LogP contribution in [-0.2, 0) is 12.8 Å². The van der Waals surface area contributed by atoms with Gasteiger partial charge in [-0.1, -0.05) is 13.0 Å². The molecule has 0 bridgehead atoms. The number of amides is 1. The number of aryl methyl sites for hydroxylation is 2. The maximum atomic E-state index is 12.5. The fourth-order valence-electron chi connectivity index (χ4n) is 3.11. The molecule has 1 aliphatic rings. The zero-order valence-electron chi connectivity index (χ0n) is 12.8. The van der Waals surface area contributed by atoms with E-state index in [2.05, 4.69) is 32.2 Å². The van der Waals surface area contributed by atoms with Crippen LogP contribution in [0.2, 0.25) is 0 Å². The van der Waals surface area contributed by atoms with Crippen molar-refractivity contribution in [3.63, 3.8) is 0 Å². The molecule has 0 saturated heterocycles. The summed E-state index contributed by atoms with van der Waals surface area (Å²) in [6.45, 7) is 6.39. The van der Waals surface area contributed by atoms with Crippen molar-refractivity contribution < 1.29 is 4.79 Å². The van der Waals surface area contributed by atoms with Gasteiger partial charge in [0.05, 0.1) is 5.56 Å². The molecule has 0 fully saturated rings. The molecular weight excluding hydrogens is 278 g/mol. The molecule has 1 amide bonds. The Kier molecular flexibility index (Phi) is 3.85. The lowest BCUT2D eigenvalue weighted by atomic mass is 9.88. The highest BCUT2D eigenvalue weighted by atomic mass is 32.1. The number of nitrogens with one attached hydrogen (secondary N) is 1. The van der Waals surface area contributed by atoms with Crippen LogP contribution in [0.3, 0.4) is 0 Å². The third kappa shape index (κ3) is 3.03. The Labute approximate surface area is 130 Å². The van der Waals surface area contributed by atoms with E-state index in [1.165, 1.54) is 28.0 Å². The molecule has 1 aromatic heterocycles. The van der Waals surface area contributed by atoms with E-state index >= 15 is 0 Å². The van der Waals surface area contributed by atoms with Gasteiger partial charge in [-0.15, -0.1) is 11.3 Å². The summed E-state index contributed by atoms with van der Waals surface area (Å²) in [6.07, 6.45) is 3.35. The van der Waals surface area contributed by atoms with E-state index in [-0.39, 0.29) is 5.91 Å². The van der Waals surface area contributed by atoms with Crippen LogP contribution in [-0.4, -0.2) is 5.91 Å². The maximum absolute atomic E-state index is 12.5. The fraction of sp³-hybridized carbons (Fsp3) is 0.389. The van der Waals surface area contributed by atoms with Gasteiger partial charge in [-0.25, -0.2) is 0 Å². The molecule has 2 nitrogen and oxygen atoms in total. The van der Waals surface area contributed by atoms with Crippen molar-refractivity contribution in [1.82, 2.24) is 0 Å². The SMILES string of the molecule is Cc1cc(C)cc(NC(=O)c2csc3c2CCC(C)C3)c1. The first-order valence-electron chi connectivity index (χ1n) is 7.52. The van der Waals surface area contributed by atoms with E-state index in [0.29, 0.717) is 0 Å². The topological polar surface area (TPSA) is 29.1 Å². The second-order valence-electron chi connectivity index (χ2n) is 6.23. The molecule has 3 heteroatoms. The Bertz CT molecular complexity index is 666. The average molecular weight is 299 g/mol. The zero-order chi connectivity index (χ0) is 15.0. The molecule has 0 saturated carbocycles. The van der Waals surface area contributed by atoms with Crippen molar-refractivity contribution in [2.24, 2.45) is 5.92 Å². The van der Waals surface area contributed by atoms with Gasteiger partial charge in [0.1, 0.15) is 0 Å². The third-order valence-electron chi connectivity index (χ3n) is 4.13. The van der Waals surface area contributed by atoms with Crippen LogP contribution >= 0.6 is 11.3 Å². The predicted octanol–water partition coefficient (Wildman–Crippen LogP) is 4.74. The maximum Gasteiger partial charge on any atom is 0.256 e. The van der Waals surface area contributed by atoms with E-state index in [1.807, 2.05) is 17.5 Å². The molecular formula is C18H21NOS. The van der Waals surface area contributed by atoms with Gasteiger partial charge in [-0.3, -0.25) is 4.79 Å². The first-order valence-corrected chi connectivity index (χ1v) is 8.40. The predicted molar refractivity (Wildman–Crippen MR) is 89.4 cm³/mol. The van der Waals surface area contributed by atoms with E-state index < -0.39 is 0 Å². The van der Waals surface area contributed by atoms with Crippen LogP contribution in [0.5, 0.6) is 0 Å². The van der Waals surface area contributed by atoms with Gasteiger partial charge < -0.3 is 5.32 Å². The molecule has 1 atom stereocenters. The Morgan fingerprint density at radius 2 is 1.95 bits per heavy atom. The molecule has 2 aromatic rings. The van der Waals surface area contributed by atoms with Crippen molar-refractivity contribution in [1.29, 1.82) is 0 Å². The van der Waals surface area contributed by atoms with Gasteiger partial charge in [0.25, 0.3) is 5.91 Å². The molecule has 1 aliphatic carbocycles. The minimum absolute atomic E-state index is 0.0343. The minimum Gasteiger partial charge on any atom is -0.322 e. The summed E-state index contributed by atoms with van der Waals surface area (Å²) in [7, 11) is 0. The molecule has 1 unspecified atom stereocenters. The minimum atomic E-state index is 0.0343. The molecule has 21 heavy (non-hydrogen) atoms. The number of hydrogen-bond acceptors (Lipinski definition) is 2. The molecule has 0 spiro atoms. The summed E-state index contributed by atoms with van der Waals surface area (Å²) >= 11 is 1.74. The smallest absolute Gasteiger partial charge is 0.256 e. The lowest BCUT2D eigenvalue weighted by molar-refractivity contribution is 0.102. The highest BCUT2D eigenvalue weighted by molar-refractivity contribution is 7.10. The first-order chi connectivity index (χ1) is 10.0. The number of benzene rings is 1. The van der Waals surface area contributed by atoms with Crippen LogP contribution in [0.1, 0.15) is 45.3 Å². The van der Waals surface area contributed by atoms with Gasteiger partial charge in [0, 0.05) is 15.9 Å². The normalized spacial score (nSPS) is 17.4. The van der Waals surface area contributed by atoms with Gasteiger partial charge in [-0.05, 0) is 67.9 Å². The van der Waals surface area contributed by atoms with E-state index in [0.717, 1.165) is 30.0 Å². The molecule has 1 aromatic carbocycles. The second-order valence-corrected chi connectivity index (χ2v) is 7.19. The summed E-state index contributed by atoms with van der Waals surface area (Å²) in [4.78, 5) is 13.9. The van der Waals surface area contributed by atoms with Crippen LogP contribution in [0.25, 0.3) is 0 Å². The van der Waals surface area contributed by atoms with Crippen molar-refractivity contribution in [3.8, 4) is 0 Å². The molecule has 3 rings (SSSR count). The summed E-state index contributed by atoms with van der Waals surface area (Å²) in [6, 6.07) is 6.15. The lowest BCUT2D eigenvalue weighted by Crippen LogP contribution is -2.16. The number of carbonyl (C=O) groups is 1. The molecule has 0 aliphatic heterocycles. The Hall–Kier alpha value is -1.61. The van der Waals surface area contributed by atoms with E-state index in [4.69, 9.17) is 0 Å². The van der Waals surface area contributed by atoms with Crippen molar-refractivity contribution in [2.45, 2.75) is 40.0 Å². The third-order valence-corrected chi connectivity index (χ3v) is 5.18. The summed E-state index contributed by atoms with van der Waals surface area (Å²) in [5, 5.41) is 5.08. The molecule has 1 N–H and O–H groups in total. The van der Waals surface area contributed by atoms with Crippen LogP contribution in [0, 0.1) is 19.8 Å². The van der Waals surface area contributed by atoms with Gasteiger partial charge in [-0.2, -0.15) is 0 Å². The highest BCUT2D eigenvalue weighted by Gasteiger charge is 2.23. The number of rotatable bonds is 2.